The van der Waals surface area contributed by atoms with Crippen molar-refractivity contribution < 1.29 is 0 Å². The number of nitrogens with one attached hydrogen (secondary N) is 1. The lowest BCUT2D eigenvalue weighted by atomic mass is 10.4. The molecule has 0 spiro atoms. The van der Waals surface area contributed by atoms with Gasteiger partial charge in [0.05, 0.1) is 12.0 Å². The summed E-state index contributed by atoms with van der Waals surface area (Å²) in [6.45, 7) is 2.01. The zero-order valence-corrected chi connectivity index (χ0v) is 6.74. The molecule has 1 heterocycles. The molecule has 0 amide bonds. The highest BCUT2D eigenvalue weighted by atomic mass is 32.2. The fourth-order valence-electron chi connectivity index (χ4n) is 0.688. The first-order chi connectivity index (χ1) is 4.84. The Morgan fingerprint density at radius 2 is 2.60 bits per heavy atom. The van der Waals surface area contributed by atoms with Gasteiger partial charge in [0.2, 0.25) is 0 Å². The van der Waals surface area contributed by atoms with E-state index in [1.54, 1.807) is 18.1 Å². The zero-order chi connectivity index (χ0) is 7.40. The summed E-state index contributed by atoms with van der Waals surface area (Å²) in [5, 5.41) is 0. The average molecular weight is 157 g/mol. The van der Waals surface area contributed by atoms with Crippen molar-refractivity contribution in [3.8, 4) is 0 Å². The summed E-state index contributed by atoms with van der Waals surface area (Å²) in [4.78, 5) is 7.13. The van der Waals surface area contributed by atoms with Crippen molar-refractivity contribution in [3.05, 3.63) is 17.7 Å². The lowest BCUT2D eigenvalue weighted by Gasteiger charge is -1.94. The molecule has 0 aliphatic rings. The van der Waals surface area contributed by atoms with E-state index in [1.807, 2.05) is 6.92 Å². The van der Waals surface area contributed by atoms with Gasteiger partial charge in [0.15, 0.2) is 0 Å². The molecule has 3 nitrogen and oxygen atoms in total. The summed E-state index contributed by atoms with van der Waals surface area (Å²) in [5.74, 6) is 1.57. The summed E-state index contributed by atoms with van der Waals surface area (Å²) in [7, 11) is 0. The second kappa shape index (κ2) is 3.63. The van der Waals surface area contributed by atoms with Crippen LogP contribution in [0, 0.1) is 6.92 Å². The van der Waals surface area contributed by atoms with Crippen LogP contribution in [-0.4, -0.2) is 15.8 Å². The molecule has 0 saturated carbocycles. The number of aryl methyl sites for hydroxylation is 1. The second-order valence-electron chi connectivity index (χ2n) is 1.99. The van der Waals surface area contributed by atoms with Gasteiger partial charge in [0.25, 0.3) is 0 Å². The largest absolute Gasteiger partial charge is 0.348 e. The predicted octanol–water partition coefficient (Wildman–Crippen LogP) is 0.868. The van der Waals surface area contributed by atoms with Crippen molar-refractivity contribution >= 4 is 11.8 Å². The minimum absolute atomic E-state index is 0.659. The molecule has 0 radical (unpaired) electrons. The van der Waals surface area contributed by atoms with Gasteiger partial charge < -0.3 is 10.7 Å². The molecule has 0 aliphatic carbocycles. The van der Waals surface area contributed by atoms with E-state index in [0.717, 1.165) is 17.1 Å². The number of aromatic amines is 1. The smallest absolute Gasteiger partial charge is 0.0925 e. The third-order valence-corrected chi connectivity index (χ3v) is 2.00. The maximum Gasteiger partial charge on any atom is 0.0925 e. The van der Waals surface area contributed by atoms with Crippen LogP contribution in [0.15, 0.2) is 6.33 Å². The predicted molar refractivity (Wildman–Crippen MR) is 43.7 cm³/mol. The minimum Gasteiger partial charge on any atom is -0.348 e. The van der Waals surface area contributed by atoms with E-state index in [4.69, 9.17) is 5.73 Å². The third-order valence-electron chi connectivity index (χ3n) is 1.29. The van der Waals surface area contributed by atoms with Crippen LogP contribution in [0.2, 0.25) is 0 Å². The SMILES string of the molecule is Cc1[nH]cnc1CSCN. The van der Waals surface area contributed by atoms with Gasteiger partial charge in [-0.3, -0.25) is 0 Å². The van der Waals surface area contributed by atoms with Crippen molar-refractivity contribution in [1.82, 2.24) is 9.97 Å². The Morgan fingerprint density at radius 3 is 3.10 bits per heavy atom. The van der Waals surface area contributed by atoms with Crippen LogP contribution in [0.25, 0.3) is 0 Å². The lowest BCUT2D eigenvalue weighted by Crippen LogP contribution is -1.94. The Labute approximate surface area is 64.4 Å². The maximum absolute atomic E-state index is 5.32. The molecule has 0 fully saturated rings. The van der Waals surface area contributed by atoms with Gasteiger partial charge in [-0.25, -0.2) is 4.98 Å². The molecular formula is C6H11N3S. The minimum atomic E-state index is 0.659. The van der Waals surface area contributed by atoms with E-state index in [-0.39, 0.29) is 0 Å². The number of H-pyrrole nitrogens is 1. The Bertz CT molecular complexity index is 197. The van der Waals surface area contributed by atoms with Gasteiger partial charge in [-0.1, -0.05) is 0 Å². The van der Waals surface area contributed by atoms with E-state index in [9.17, 15) is 0 Å². The molecule has 10 heavy (non-hydrogen) atoms. The zero-order valence-electron chi connectivity index (χ0n) is 5.92. The van der Waals surface area contributed by atoms with Crippen LogP contribution < -0.4 is 5.73 Å². The van der Waals surface area contributed by atoms with Gasteiger partial charge in [0.1, 0.15) is 0 Å². The number of hydrogen-bond donors (Lipinski definition) is 2. The first kappa shape index (κ1) is 7.63. The van der Waals surface area contributed by atoms with Gasteiger partial charge >= 0.3 is 0 Å². The number of imidazole rings is 1. The molecule has 0 atom stereocenters. The average Bonchev–Trinajstić information content (AvgIpc) is 2.31. The molecule has 3 N–H and O–H groups in total. The highest BCUT2D eigenvalue weighted by Crippen LogP contribution is 2.09. The molecule has 4 heteroatoms. The molecule has 0 aromatic carbocycles. The van der Waals surface area contributed by atoms with Gasteiger partial charge in [0, 0.05) is 17.3 Å². The van der Waals surface area contributed by atoms with E-state index in [1.165, 1.54) is 0 Å². The number of rotatable bonds is 3. The normalized spacial score (nSPS) is 10.2. The Hall–Kier alpha value is -0.480. The van der Waals surface area contributed by atoms with Crippen LogP contribution in [0.5, 0.6) is 0 Å². The van der Waals surface area contributed by atoms with Crippen molar-refractivity contribution in [1.29, 1.82) is 0 Å². The standard InChI is InChI=1S/C6H11N3S/c1-5-6(2-10-3-7)9-4-8-5/h4H,2-3,7H2,1H3,(H,8,9). The number of nitrogens with two attached hydrogens (primary N) is 1. The lowest BCUT2D eigenvalue weighted by molar-refractivity contribution is 1.19. The van der Waals surface area contributed by atoms with E-state index in [2.05, 4.69) is 9.97 Å². The maximum atomic E-state index is 5.32. The third kappa shape index (κ3) is 1.75. The Morgan fingerprint density at radius 1 is 1.80 bits per heavy atom. The van der Waals surface area contributed by atoms with Crippen LogP contribution >= 0.6 is 11.8 Å². The highest BCUT2D eigenvalue weighted by molar-refractivity contribution is 7.98. The fraction of sp³-hybridized carbons (Fsp3) is 0.500. The summed E-state index contributed by atoms with van der Waals surface area (Å²) >= 11 is 1.68. The van der Waals surface area contributed by atoms with Gasteiger partial charge in [-0.2, -0.15) is 0 Å². The molecule has 56 valence electrons. The summed E-state index contributed by atoms with van der Waals surface area (Å²) in [5.41, 5.74) is 7.57. The number of aromatic nitrogens is 2. The molecule has 1 aromatic heterocycles. The van der Waals surface area contributed by atoms with Crippen LogP contribution in [-0.2, 0) is 5.75 Å². The van der Waals surface area contributed by atoms with Crippen LogP contribution in [0.3, 0.4) is 0 Å². The molecular weight excluding hydrogens is 146 g/mol. The second-order valence-corrected chi connectivity index (χ2v) is 3.02. The topological polar surface area (TPSA) is 54.7 Å². The molecule has 1 aromatic rings. The van der Waals surface area contributed by atoms with E-state index in [0.29, 0.717) is 5.88 Å². The quantitative estimate of drug-likeness (QED) is 0.640. The molecule has 0 aliphatic heterocycles. The van der Waals surface area contributed by atoms with Crippen LogP contribution in [0.4, 0.5) is 0 Å². The number of thioether (sulfide) groups is 1. The molecule has 0 bridgehead atoms. The monoisotopic (exact) mass is 157 g/mol. The molecule has 0 unspecified atom stereocenters. The molecule has 1 rings (SSSR count). The summed E-state index contributed by atoms with van der Waals surface area (Å²) in [6, 6.07) is 0. The van der Waals surface area contributed by atoms with E-state index < -0.39 is 0 Å². The molecule has 0 saturated heterocycles. The Kier molecular flexibility index (Phi) is 2.77. The van der Waals surface area contributed by atoms with Gasteiger partial charge in [-0.15, -0.1) is 11.8 Å². The van der Waals surface area contributed by atoms with Crippen LogP contribution in [0.1, 0.15) is 11.4 Å². The summed E-state index contributed by atoms with van der Waals surface area (Å²) in [6.07, 6.45) is 1.71. The summed E-state index contributed by atoms with van der Waals surface area (Å²) < 4.78 is 0. The van der Waals surface area contributed by atoms with Crippen molar-refractivity contribution in [2.24, 2.45) is 5.73 Å². The number of nitrogens with zero attached hydrogens (tertiary/aromatic N) is 1. The highest BCUT2D eigenvalue weighted by Gasteiger charge is 1.98. The van der Waals surface area contributed by atoms with E-state index >= 15 is 0 Å². The first-order valence-corrected chi connectivity index (χ1v) is 4.26. The first-order valence-electron chi connectivity index (χ1n) is 3.11. The van der Waals surface area contributed by atoms with Crippen molar-refractivity contribution in [2.75, 3.05) is 5.88 Å². The van der Waals surface area contributed by atoms with Crippen molar-refractivity contribution in [3.63, 3.8) is 0 Å². The number of hydrogen-bond acceptors (Lipinski definition) is 3. The Balaban J connectivity index is 2.49. The fourth-order valence-corrected chi connectivity index (χ4v) is 1.29. The van der Waals surface area contributed by atoms with Gasteiger partial charge in [-0.05, 0) is 6.92 Å². The van der Waals surface area contributed by atoms with Crippen molar-refractivity contribution in [2.45, 2.75) is 12.7 Å².